The molecule has 4 aromatic carbocycles. The molecule has 4 rings (SSSR count). The van der Waals surface area contributed by atoms with Crippen molar-refractivity contribution in [2.45, 2.75) is 38.5 Å². The van der Waals surface area contributed by atoms with Crippen LogP contribution in [0.5, 0.6) is 0 Å². The van der Waals surface area contributed by atoms with Crippen LogP contribution in [0.15, 0.2) is 106 Å². The highest BCUT2D eigenvalue weighted by Gasteiger charge is 2.05. The smallest absolute Gasteiger partial charge is 0.132 e. The maximum Gasteiger partial charge on any atom is 0.132 e. The van der Waals surface area contributed by atoms with Crippen LogP contribution in [0.2, 0.25) is 0 Å². The Kier molecular flexibility index (Phi) is 8.90. The molecule has 0 aliphatic rings. The van der Waals surface area contributed by atoms with Crippen LogP contribution < -0.4 is 0 Å². The summed E-state index contributed by atoms with van der Waals surface area (Å²) in [5.41, 5.74) is 7.45. The Bertz CT molecular complexity index is 1100. The van der Waals surface area contributed by atoms with Crippen molar-refractivity contribution < 1.29 is 4.79 Å². The average Bonchev–Trinajstić information content (AvgIpc) is 2.86. The first kappa shape index (κ1) is 24.6. The Morgan fingerprint density at radius 1 is 0.471 bits per heavy atom. The fraction of sp³-hybridized carbons (Fsp3) is 0.194. The summed E-state index contributed by atoms with van der Waals surface area (Å²) in [7, 11) is 0. The lowest BCUT2D eigenvalue weighted by molar-refractivity contribution is -0.119. The van der Waals surface area contributed by atoms with Gasteiger partial charge in [-0.3, -0.25) is 4.79 Å². The van der Waals surface area contributed by atoms with Crippen molar-refractivity contribution in [2.75, 3.05) is 0 Å². The molecule has 0 aliphatic carbocycles. The molecule has 0 radical (unpaired) electrons. The molecule has 3 heteroatoms. The summed E-state index contributed by atoms with van der Waals surface area (Å²) < 4.78 is 2.18. The number of carbonyl (C=O) groups is 1. The van der Waals surface area contributed by atoms with E-state index in [2.05, 4.69) is 129 Å². The van der Waals surface area contributed by atoms with Gasteiger partial charge in [0.05, 0.1) is 0 Å². The van der Waals surface area contributed by atoms with Crippen LogP contribution in [0, 0.1) is 0 Å². The second-order valence-corrected chi connectivity index (χ2v) is 10.5. The summed E-state index contributed by atoms with van der Waals surface area (Å²) in [5, 5.41) is 0. The number of hydrogen-bond acceptors (Lipinski definition) is 1. The first-order chi connectivity index (χ1) is 16.6. The van der Waals surface area contributed by atoms with Crippen molar-refractivity contribution in [3.63, 3.8) is 0 Å². The van der Waals surface area contributed by atoms with Gasteiger partial charge >= 0.3 is 0 Å². The van der Waals surface area contributed by atoms with Gasteiger partial charge in [0.15, 0.2) is 0 Å². The number of carbonyl (C=O) groups excluding carboxylic acids is 1. The van der Waals surface area contributed by atoms with Crippen molar-refractivity contribution >= 4 is 37.6 Å². The van der Waals surface area contributed by atoms with Gasteiger partial charge in [-0.2, -0.15) is 0 Å². The van der Waals surface area contributed by atoms with E-state index in [4.69, 9.17) is 0 Å². The van der Waals surface area contributed by atoms with E-state index in [0.29, 0.717) is 18.6 Å². The maximum absolute atomic E-state index is 12.3. The van der Waals surface area contributed by atoms with E-state index in [1.54, 1.807) is 0 Å². The van der Waals surface area contributed by atoms with Gasteiger partial charge in [0.25, 0.3) is 0 Å². The van der Waals surface area contributed by atoms with E-state index < -0.39 is 0 Å². The van der Waals surface area contributed by atoms with Crippen molar-refractivity contribution in [2.24, 2.45) is 0 Å². The van der Waals surface area contributed by atoms with Gasteiger partial charge in [-0.1, -0.05) is 105 Å². The molecule has 0 fully saturated rings. The Balaban J connectivity index is 1.16. The number of hydrogen-bond donors (Lipinski definition) is 0. The minimum absolute atomic E-state index is 0.373. The Labute approximate surface area is 219 Å². The van der Waals surface area contributed by atoms with E-state index in [1.807, 2.05) is 0 Å². The van der Waals surface area contributed by atoms with E-state index in [9.17, 15) is 4.79 Å². The fourth-order valence-electron chi connectivity index (χ4n) is 4.12. The SMILES string of the molecule is O=C(CCCc1ccc(-c2ccc(Br)cc2)cc1)CCCc1ccc(-c2ccc(Br)cc2)cc1. The van der Waals surface area contributed by atoms with E-state index in [-0.39, 0.29) is 0 Å². The predicted molar refractivity (Wildman–Crippen MR) is 150 cm³/mol. The lowest BCUT2D eigenvalue weighted by Gasteiger charge is -2.06. The van der Waals surface area contributed by atoms with Crippen molar-refractivity contribution in [3.8, 4) is 22.3 Å². The molecule has 0 aromatic heterocycles. The van der Waals surface area contributed by atoms with Crippen LogP contribution in [-0.4, -0.2) is 5.78 Å². The minimum atomic E-state index is 0.373. The second-order valence-electron chi connectivity index (χ2n) is 8.65. The highest BCUT2D eigenvalue weighted by Crippen LogP contribution is 2.24. The van der Waals surface area contributed by atoms with Crippen molar-refractivity contribution in [1.82, 2.24) is 0 Å². The molecule has 0 unspecified atom stereocenters. The number of halogens is 2. The van der Waals surface area contributed by atoms with Crippen LogP contribution in [0.25, 0.3) is 22.3 Å². The van der Waals surface area contributed by atoms with Gasteiger partial charge in [0, 0.05) is 21.8 Å². The summed E-state index contributed by atoms with van der Waals surface area (Å²) in [4.78, 5) is 12.3. The van der Waals surface area contributed by atoms with Crippen LogP contribution in [-0.2, 0) is 17.6 Å². The number of aryl methyl sites for hydroxylation is 2. The first-order valence-corrected chi connectivity index (χ1v) is 13.4. The molecule has 0 amide bonds. The van der Waals surface area contributed by atoms with Crippen molar-refractivity contribution in [3.05, 3.63) is 117 Å². The summed E-state index contributed by atoms with van der Waals surface area (Å²) in [6, 6.07) is 34.1. The molecule has 0 atom stereocenters. The molecular weight excluding hydrogens is 548 g/mol. The summed E-state index contributed by atoms with van der Waals surface area (Å²) in [6.07, 6.45) is 5.05. The molecule has 4 aromatic rings. The molecule has 0 spiro atoms. The second kappa shape index (κ2) is 12.3. The highest BCUT2D eigenvalue weighted by atomic mass is 79.9. The molecule has 0 N–H and O–H groups in total. The zero-order chi connectivity index (χ0) is 23.8. The molecular formula is C31H28Br2O. The van der Waals surface area contributed by atoms with Crippen LogP contribution >= 0.6 is 31.9 Å². The molecule has 0 saturated carbocycles. The molecule has 0 saturated heterocycles. The van der Waals surface area contributed by atoms with Crippen LogP contribution in [0.4, 0.5) is 0 Å². The zero-order valence-corrected chi connectivity index (χ0v) is 22.3. The van der Waals surface area contributed by atoms with Gasteiger partial charge in [-0.25, -0.2) is 0 Å². The topological polar surface area (TPSA) is 17.1 Å². The summed E-state index contributed by atoms with van der Waals surface area (Å²) in [5.74, 6) is 0.373. The van der Waals surface area contributed by atoms with Gasteiger partial charge in [0.1, 0.15) is 5.78 Å². The Hall–Kier alpha value is -2.49. The van der Waals surface area contributed by atoms with Crippen molar-refractivity contribution in [1.29, 1.82) is 0 Å². The van der Waals surface area contributed by atoms with Crippen LogP contribution in [0.3, 0.4) is 0 Å². The Morgan fingerprint density at radius 2 is 0.765 bits per heavy atom. The quantitative estimate of drug-likeness (QED) is 0.184. The number of ketones is 1. The summed E-state index contributed by atoms with van der Waals surface area (Å²) in [6.45, 7) is 0. The van der Waals surface area contributed by atoms with E-state index in [0.717, 1.165) is 34.6 Å². The lowest BCUT2D eigenvalue weighted by atomic mass is 9.99. The summed E-state index contributed by atoms with van der Waals surface area (Å²) >= 11 is 6.96. The third-order valence-electron chi connectivity index (χ3n) is 6.11. The molecule has 34 heavy (non-hydrogen) atoms. The van der Waals surface area contributed by atoms with Gasteiger partial charge in [-0.05, 0) is 83.3 Å². The van der Waals surface area contributed by atoms with Gasteiger partial charge < -0.3 is 0 Å². The normalized spacial score (nSPS) is 10.9. The third-order valence-corrected chi connectivity index (χ3v) is 7.16. The van der Waals surface area contributed by atoms with E-state index >= 15 is 0 Å². The monoisotopic (exact) mass is 574 g/mol. The standard InChI is InChI=1S/C31H28Br2O/c32-29-19-15-27(16-20-29)25-11-7-23(8-12-25)3-1-5-31(34)6-2-4-24-9-13-26(14-10-24)28-17-21-30(33)22-18-28/h7-22H,1-6H2. The number of benzene rings is 4. The highest BCUT2D eigenvalue weighted by molar-refractivity contribution is 9.10. The number of Topliss-reactive ketones (excluding diaryl/α,β-unsaturated/α-hetero) is 1. The lowest BCUT2D eigenvalue weighted by Crippen LogP contribution is -2.00. The van der Waals surface area contributed by atoms with Crippen LogP contribution in [0.1, 0.15) is 36.8 Å². The molecule has 0 bridgehead atoms. The molecule has 0 aliphatic heterocycles. The number of rotatable bonds is 10. The maximum atomic E-state index is 12.3. The zero-order valence-electron chi connectivity index (χ0n) is 19.1. The third kappa shape index (κ3) is 7.25. The fourth-order valence-corrected chi connectivity index (χ4v) is 4.65. The molecule has 172 valence electrons. The average molecular weight is 576 g/mol. The Morgan fingerprint density at radius 3 is 1.09 bits per heavy atom. The largest absolute Gasteiger partial charge is 0.300 e. The predicted octanol–water partition coefficient (Wildman–Crippen LogP) is 9.46. The minimum Gasteiger partial charge on any atom is -0.300 e. The molecule has 0 heterocycles. The first-order valence-electron chi connectivity index (χ1n) is 11.8. The van der Waals surface area contributed by atoms with Gasteiger partial charge in [0.2, 0.25) is 0 Å². The van der Waals surface area contributed by atoms with E-state index in [1.165, 1.54) is 33.4 Å². The molecule has 1 nitrogen and oxygen atoms in total. The van der Waals surface area contributed by atoms with Gasteiger partial charge in [-0.15, -0.1) is 0 Å².